The van der Waals surface area contributed by atoms with Crippen LogP contribution >= 0.6 is 0 Å². The number of carbonyl (C=O) groups is 2. The zero-order chi connectivity index (χ0) is 17.8. The van der Waals surface area contributed by atoms with Crippen LogP contribution in [0.5, 0.6) is 0 Å². The molecule has 1 saturated heterocycles. The minimum absolute atomic E-state index is 0.0596. The third kappa shape index (κ3) is 4.39. The number of carbonyl (C=O) groups excluding carboxylic acids is 2. The average molecular weight is 347 g/mol. The van der Waals surface area contributed by atoms with E-state index in [-0.39, 0.29) is 24.3 Å². The predicted octanol–water partition coefficient (Wildman–Crippen LogP) is 0.834. The Morgan fingerprint density at radius 3 is 2.88 bits per heavy atom. The Bertz CT molecular complexity index is 627. The number of amides is 2. The highest BCUT2D eigenvalue weighted by molar-refractivity contribution is 5.79. The Balaban J connectivity index is 1.61. The summed E-state index contributed by atoms with van der Waals surface area (Å²) in [6.45, 7) is 2.24. The normalized spacial score (nSPS) is 21.4. The first-order valence-corrected chi connectivity index (χ1v) is 9.35. The molecule has 1 aliphatic carbocycles. The number of aromatic nitrogens is 2. The number of rotatable bonds is 5. The van der Waals surface area contributed by atoms with Gasteiger partial charge in [-0.3, -0.25) is 19.6 Å². The lowest BCUT2D eigenvalue weighted by Gasteiger charge is -2.33. The van der Waals surface area contributed by atoms with Gasteiger partial charge >= 0.3 is 0 Å². The number of H-pyrrole nitrogens is 1. The van der Waals surface area contributed by atoms with Gasteiger partial charge in [-0.25, -0.2) is 0 Å². The summed E-state index contributed by atoms with van der Waals surface area (Å²) in [4.78, 5) is 27.7. The number of nitrogens with one attached hydrogen (secondary N) is 1. The number of aromatic amines is 1. The number of hydrogen-bond donors (Lipinski definition) is 2. The maximum Gasteiger partial charge on any atom is 0.231 e. The molecular formula is C18H29N5O2. The van der Waals surface area contributed by atoms with Gasteiger partial charge in [0.15, 0.2) is 0 Å². The van der Waals surface area contributed by atoms with Gasteiger partial charge in [0.2, 0.25) is 11.8 Å². The van der Waals surface area contributed by atoms with E-state index in [9.17, 15) is 9.59 Å². The van der Waals surface area contributed by atoms with Crippen molar-refractivity contribution in [1.82, 2.24) is 20.0 Å². The fourth-order valence-electron chi connectivity index (χ4n) is 4.09. The minimum Gasteiger partial charge on any atom is -0.369 e. The second kappa shape index (κ2) is 7.99. The van der Waals surface area contributed by atoms with E-state index in [0.29, 0.717) is 13.1 Å². The van der Waals surface area contributed by atoms with E-state index >= 15 is 0 Å². The maximum absolute atomic E-state index is 12.8. The summed E-state index contributed by atoms with van der Waals surface area (Å²) < 4.78 is 0. The standard InChI is InChI=1S/C18H29N5O2/c1-22(11-16-14-7-3-2-4-8-15(14)20-21-16)18(25)13-6-5-9-23(10-13)12-17(19)24/h13H,2-12H2,1H3,(H2,19,24)(H,20,21)/t13-/m1/s1. The summed E-state index contributed by atoms with van der Waals surface area (Å²) in [5.74, 6) is -0.254. The van der Waals surface area contributed by atoms with Gasteiger partial charge in [0.1, 0.15) is 0 Å². The smallest absolute Gasteiger partial charge is 0.231 e. The fraction of sp³-hybridized carbons (Fsp3) is 0.722. The second-order valence-corrected chi connectivity index (χ2v) is 7.42. The molecule has 3 rings (SSSR count). The van der Waals surface area contributed by atoms with Crippen molar-refractivity contribution in [3.05, 3.63) is 17.0 Å². The maximum atomic E-state index is 12.8. The van der Waals surface area contributed by atoms with Crippen LogP contribution in [0.25, 0.3) is 0 Å². The molecule has 0 saturated carbocycles. The Kier molecular flexibility index (Phi) is 5.73. The van der Waals surface area contributed by atoms with Crippen LogP contribution in [0.4, 0.5) is 0 Å². The van der Waals surface area contributed by atoms with Crippen molar-refractivity contribution in [1.29, 1.82) is 0 Å². The van der Waals surface area contributed by atoms with Gasteiger partial charge in [0.05, 0.1) is 24.7 Å². The Morgan fingerprint density at radius 1 is 1.28 bits per heavy atom. The molecule has 2 aliphatic rings. The second-order valence-electron chi connectivity index (χ2n) is 7.42. The molecule has 1 aliphatic heterocycles. The van der Waals surface area contributed by atoms with Crippen LogP contribution in [0.15, 0.2) is 0 Å². The third-order valence-corrected chi connectivity index (χ3v) is 5.39. The monoisotopic (exact) mass is 347 g/mol. The summed E-state index contributed by atoms with van der Waals surface area (Å²) in [5, 5.41) is 7.64. The van der Waals surface area contributed by atoms with Crippen LogP contribution < -0.4 is 5.73 Å². The number of nitrogens with zero attached hydrogens (tertiary/aromatic N) is 3. The lowest BCUT2D eigenvalue weighted by atomic mass is 9.96. The number of aryl methyl sites for hydroxylation is 1. The fourth-order valence-corrected chi connectivity index (χ4v) is 4.09. The number of nitrogens with two attached hydrogens (primary N) is 1. The van der Waals surface area contributed by atoms with Gasteiger partial charge in [0.25, 0.3) is 0 Å². The van der Waals surface area contributed by atoms with Gasteiger partial charge in [-0.15, -0.1) is 0 Å². The van der Waals surface area contributed by atoms with E-state index in [2.05, 4.69) is 10.2 Å². The third-order valence-electron chi connectivity index (χ3n) is 5.39. The first-order valence-electron chi connectivity index (χ1n) is 9.35. The summed E-state index contributed by atoms with van der Waals surface area (Å²) in [7, 11) is 1.85. The van der Waals surface area contributed by atoms with Crippen molar-refractivity contribution >= 4 is 11.8 Å². The quantitative estimate of drug-likeness (QED) is 0.772. The number of likely N-dealkylation sites (tertiary alicyclic amines) is 1. The summed E-state index contributed by atoms with van der Waals surface area (Å²) >= 11 is 0. The molecule has 2 amide bonds. The number of hydrogen-bond acceptors (Lipinski definition) is 4. The van der Waals surface area contributed by atoms with E-state index in [4.69, 9.17) is 5.73 Å². The molecule has 1 atom stereocenters. The van der Waals surface area contributed by atoms with Crippen molar-refractivity contribution in [3.63, 3.8) is 0 Å². The molecule has 3 N–H and O–H groups in total. The first-order chi connectivity index (χ1) is 12.0. The summed E-state index contributed by atoms with van der Waals surface area (Å²) in [6, 6.07) is 0. The average Bonchev–Trinajstić information content (AvgIpc) is 2.81. The molecule has 25 heavy (non-hydrogen) atoms. The van der Waals surface area contributed by atoms with E-state index < -0.39 is 0 Å². The predicted molar refractivity (Wildman–Crippen MR) is 94.7 cm³/mol. The number of primary amides is 1. The van der Waals surface area contributed by atoms with Crippen LogP contribution in [0.3, 0.4) is 0 Å². The van der Waals surface area contributed by atoms with Crippen LogP contribution in [0.1, 0.15) is 49.1 Å². The van der Waals surface area contributed by atoms with E-state index in [1.165, 1.54) is 30.5 Å². The highest BCUT2D eigenvalue weighted by Gasteiger charge is 2.29. The van der Waals surface area contributed by atoms with Gasteiger partial charge in [-0.2, -0.15) is 5.10 Å². The summed E-state index contributed by atoms with van der Waals surface area (Å²) in [6.07, 6.45) is 7.58. The van der Waals surface area contributed by atoms with Crippen molar-refractivity contribution < 1.29 is 9.59 Å². The highest BCUT2D eigenvalue weighted by atomic mass is 16.2. The molecule has 138 valence electrons. The van der Waals surface area contributed by atoms with Gasteiger partial charge in [-0.05, 0) is 50.6 Å². The van der Waals surface area contributed by atoms with E-state index in [1.807, 2.05) is 11.9 Å². The number of piperidine rings is 1. The van der Waals surface area contributed by atoms with Gasteiger partial charge in [-0.1, -0.05) is 6.42 Å². The zero-order valence-corrected chi connectivity index (χ0v) is 15.1. The molecule has 1 aromatic heterocycles. The molecule has 1 aromatic rings. The van der Waals surface area contributed by atoms with Crippen molar-refractivity contribution in [2.75, 3.05) is 26.7 Å². The molecule has 0 unspecified atom stereocenters. The lowest BCUT2D eigenvalue weighted by molar-refractivity contribution is -0.137. The van der Waals surface area contributed by atoms with E-state index in [1.54, 1.807) is 4.90 Å². The van der Waals surface area contributed by atoms with Crippen molar-refractivity contribution in [2.45, 2.75) is 51.5 Å². The van der Waals surface area contributed by atoms with Crippen LogP contribution in [-0.2, 0) is 29.0 Å². The molecule has 7 nitrogen and oxygen atoms in total. The Labute approximate surface area is 148 Å². The molecule has 0 spiro atoms. The molecule has 2 heterocycles. The lowest BCUT2D eigenvalue weighted by Crippen LogP contribution is -2.46. The number of fused-ring (bicyclic) bond motifs is 1. The Hall–Kier alpha value is -1.89. The molecule has 1 fully saturated rings. The minimum atomic E-state index is -0.333. The molecule has 7 heteroatoms. The first kappa shape index (κ1) is 17.9. The largest absolute Gasteiger partial charge is 0.369 e. The van der Waals surface area contributed by atoms with E-state index in [0.717, 1.165) is 37.9 Å². The highest BCUT2D eigenvalue weighted by Crippen LogP contribution is 2.24. The van der Waals surface area contributed by atoms with Crippen molar-refractivity contribution in [3.8, 4) is 0 Å². The molecular weight excluding hydrogens is 318 g/mol. The summed E-state index contributed by atoms with van der Waals surface area (Å²) in [5.41, 5.74) is 8.86. The van der Waals surface area contributed by atoms with Gasteiger partial charge < -0.3 is 10.6 Å². The van der Waals surface area contributed by atoms with Crippen molar-refractivity contribution in [2.24, 2.45) is 11.7 Å². The topological polar surface area (TPSA) is 95.3 Å². The molecule has 0 aromatic carbocycles. The zero-order valence-electron chi connectivity index (χ0n) is 15.1. The van der Waals surface area contributed by atoms with Crippen LogP contribution in [-0.4, -0.2) is 58.5 Å². The van der Waals surface area contributed by atoms with Crippen LogP contribution in [0, 0.1) is 5.92 Å². The molecule has 0 bridgehead atoms. The molecule has 0 radical (unpaired) electrons. The van der Waals surface area contributed by atoms with Crippen LogP contribution in [0.2, 0.25) is 0 Å². The van der Waals surface area contributed by atoms with Gasteiger partial charge in [0, 0.05) is 19.3 Å². The SMILES string of the molecule is CN(Cc1n[nH]c2c1CCCCC2)C(=O)[C@@H]1CCCN(CC(N)=O)C1. The Morgan fingerprint density at radius 2 is 2.08 bits per heavy atom.